The monoisotopic (exact) mass is 191 g/mol. The van der Waals surface area contributed by atoms with Gasteiger partial charge in [0.15, 0.2) is 0 Å². The van der Waals surface area contributed by atoms with Crippen LogP contribution in [-0.2, 0) is 0 Å². The van der Waals surface area contributed by atoms with E-state index in [9.17, 15) is 5.11 Å². The number of nitrogens with two attached hydrogens (primary N) is 1. The predicted octanol–water partition coefficient (Wildman–Crippen LogP) is 2.42. The largest absolute Gasteiger partial charge is 0.507 e. The average Bonchev–Trinajstić information content (AvgIpc) is 2.95. The molecule has 0 heterocycles. The van der Waals surface area contributed by atoms with E-state index < -0.39 is 0 Å². The number of aromatic hydroxyl groups is 1. The lowest BCUT2D eigenvalue weighted by atomic mass is 9.98. The van der Waals surface area contributed by atoms with Gasteiger partial charge in [-0.25, -0.2) is 0 Å². The minimum atomic E-state index is 0.160. The molecule has 1 aromatic rings. The van der Waals surface area contributed by atoms with Crippen molar-refractivity contribution in [2.75, 3.05) is 0 Å². The summed E-state index contributed by atoms with van der Waals surface area (Å²) in [6.45, 7) is 3.84. The maximum absolute atomic E-state index is 9.63. The van der Waals surface area contributed by atoms with Crippen molar-refractivity contribution in [1.29, 1.82) is 0 Å². The molecule has 1 aliphatic rings. The van der Waals surface area contributed by atoms with Crippen LogP contribution in [0.3, 0.4) is 0 Å². The van der Waals surface area contributed by atoms with Gasteiger partial charge in [0.1, 0.15) is 5.75 Å². The highest BCUT2D eigenvalue weighted by Gasteiger charge is 2.29. The fourth-order valence-electron chi connectivity index (χ4n) is 1.91. The van der Waals surface area contributed by atoms with Crippen LogP contribution in [0, 0.1) is 19.8 Å². The molecule has 0 bridgehead atoms. The van der Waals surface area contributed by atoms with Crippen molar-refractivity contribution in [3.05, 3.63) is 28.8 Å². The zero-order valence-electron chi connectivity index (χ0n) is 8.75. The Hall–Kier alpha value is -1.02. The number of hydrogen-bond donors (Lipinski definition) is 2. The highest BCUT2D eigenvalue weighted by atomic mass is 16.3. The second-order valence-corrected chi connectivity index (χ2v) is 4.37. The van der Waals surface area contributed by atoms with Gasteiger partial charge in [0, 0.05) is 6.04 Å². The number of benzene rings is 1. The fraction of sp³-hybridized carbons (Fsp3) is 0.500. The summed E-state index contributed by atoms with van der Waals surface area (Å²) in [5.41, 5.74) is 9.13. The maximum atomic E-state index is 9.63. The van der Waals surface area contributed by atoms with Gasteiger partial charge in [0.25, 0.3) is 0 Å². The molecule has 1 atom stereocenters. The molecule has 2 nitrogen and oxygen atoms in total. The SMILES string of the molecule is Cc1cc([C@H](N)C2CC2)cc(C)c1O. The first-order valence-electron chi connectivity index (χ1n) is 5.15. The molecule has 1 aliphatic carbocycles. The molecule has 0 aromatic heterocycles. The molecule has 1 aromatic carbocycles. The Labute approximate surface area is 84.7 Å². The third-order valence-electron chi connectivity index (χ3n) is 3.03. The molecule has 1 fully saturated rings. The number of phenolic OH excluding ortho intramolecular Hbond substituents is 1. The summed E-state index contributed by atoms with van der Waals surface area (Å²) in [4.78, 5) is 0. The molecule has 0 spiro atoms. The molecule has 1 saturated carbocycles. The summed E-state index contributed by atoms with van der Waals surface area (Å²) in [6.07, 6.45) is 2.50. The number of rotatable bonds is 2. The third-order valence-corrected chi connectivity index (χ3v) is 3.03. The lowest BCUT2D eigenvalue weighted by Gasteiger charge is -2.13. The van der Waals surface area contributed by atoms with Gasteiger partial charge < -0.3 is 10.8 Å². The molecular formula is C12H17NO. The summed E-state index contributed by atoms with van der Waals surface area (Å²) >= 11 is 0. The molecule has 2 rings (SSSR count). The standard InChI is InChI=1S/C12H17NO/c1-7-5-10(6-8(2)12(7)14)11(13)9-3-4-9/h5-6,9,11,14H,3-4,13H2,1-2H3/t11-/m1/s1. The number of hydrogen-bond acceptors (Lipinski definition) is 2. The molecule has 0 radical (unpaired) electrons. The van der Waals surface area contributed by atoms with Crippen LogP contribution in [0.4, 0.5) is 0 Å². The molecule has 0 aliphatic heterocycles. The van der Waals surface area contributed by atoms with Crippen molar-refractivity contribution >= 4 is 0 Å². The minimum absolute atomic E-state index is 0.160. The fourth-order valence-corrected chi connectivity index (χ4v) is 1.91. The van der Waals surface area contributed by atoms with Crippen molar-refractivity contribution in [3.8, 4) is 5.75 Å². The van der Waals surface area contributed by atoms with Crippen molar-refractivity contribution < 1.29 is 5.11 Å². The van der Waals surface area contributed by atoms with Gasteiger partial charge >= 0.3 is 0 Å². The van der Waals surface area contributed by atoms with Crippen molar-refractivity contribution in [2.45, 2.75) is 32.7 Å². The van der Waals surface area contributed by atoms with Crippen molar-refractivity contribution in [2.24, 2.45) is 11.7 Å². The summed E-state index contributed by atoms with van der Waals surface area (Å²) in [5.74, 6) is 1.06. The van der Waals surface area contributed by atoms with Crippen LogP contribution < -0.4 is 5.73 Å². The lowest BCUT2D eigenvalue weighted by molar-refractivity contribution is 0.466. The van der Waals surface area contributed by atoms with Crippen molar-refractivity contribution in [1.82, 2.24) is 0 Å². The number of phenols is 1. The second kappa shape index (κ2) is 3.28. The first-order valence-corrected chi connectivity index (χ1v) is 5.15. The summed E-state index contributed by atoms with van der Waals surface area (Å²) in [7, 11) is 0. The number of aryl methyl sites for hydroxylation is 2. The highest BCUT2D eigenvalue weighted by molar-refractivity contribution is 5.43. The van der Waals surface area contributed by atoms with Gasteiger partial charge in [0.05, 0.1) is 0 Å². The van der Waals surface area contributed by atoms with Gasteiger partial charge in [0.2, 0.25) is 0 Å². The molecule has 0 saturated heterocycles. The molecule has 0 amide bonds. The molecule has 0 unspecified atom stereocenters. The summed E-state index contributed by atoms with van der Waals surface area (Å²) in [6, 6.07) is 4.17. The van der Waals surface area contributed by atoms with Crippen LogP contribution in [0.15, 0.2) is 12.1 Å². The van der Waals surface area contributed by atoms with E-state index in [1.54, 1.807) is 0 Å². The Morgan fingerprint density at radius 1 is 1.29 bits per heavy atom. The van der Waals surface area contributed by atoms with E-state index >= 15 is 0 Å². The Bertz CT molecular complexity index is 332. The van der Waals surface area contributed by atoms with Crippen molar-refractivity contribution in [3.63, 3.8) is 0 Å². The molecule has 14 heavy (non-hydrogen) atoms. The van der Waals surface area contributed by atoms with Gasteiger partial charge in [-0.3, -0.25) is 0 Å². The Kier molecular flexibility index (Phi) is 2.23. The quantitative estimate of drug-likeness (QED) is 0.754. The van der Waals surface area contributed by atoms with E-state index in [1.165, 1.54) is 18.4 Å². The topological polar surface area (TPSA) is 46.2 Å². The summed E-state index contributed by atoms with van der Waals surface area (Å²) < 4.78 is 0. The van der Waals surface area contributed by atoms with Crippen LogP contribution in [-0.4, -0.2) is 5.11 Å². The third kappa shape index (κ3) is 1.62. The summed E-state index contributed by atoms with van der Waals surface area (Å²) in [5, 5.41) is 9.63. The predicted molar refractivity (Wildman–Crippen MR) is 57.2 cm³/mol. The van der Waals surface area contributed by atoms with E-state index in [0.717, 1.165) is 11.1 Å². The average molecular weight is 191 g/mol. The van der Waals surface area contributed by atoms with Crippen LogP contribution in [0.2, 0.25) is 0 Å². The molecule has 3 N–H and O–H groups in total. The Balaban J connectivity index is 2.34. The Morgan fingerprint density at radius 3 is 2.21 bits per heavy atom. The highest BCUT2D eigenvalue weighted by Crippen LogP contribution is 2.40. The Morgan fingerprint density at radius 2 is 1.79 bits per heavy atom. The zero-order chi connectivity index (χ0) is 10.3. The zero-order valence-corrected chi connectivity index (χ0v) is 8.75. The normalized spacial score (nSPS) is 18.2. The van der Waals surface area contributed by atoms with Crippen LogP contribution >= 0.6 is 0 Å². The maximum Gasteiger partial charge on any atom is 0.121 e. The van der Waals surface area contributed by atoms with E-state index in [2.05, 4.69) is 0 Å². The van der Waals surface area contributed by atoms with Gasteiger partial charge in [-0.05, 0) is 49.3 Å². The second-order valence-electron chi connectivity index (χ2n) is 4.37. The first kappa shape index (κ1) is 9.53. The van der Waals surface area contributed by atoms with Crippen LogP contribution in [0.5, 0.6) is 5.75 Å². The minimum Gasteiger partial charge on any atom is -0.507 e. The lowest BCUT2D eigenvalue weighted by Crippen LogP contribution is -2.12. The van der Waals surface area contributed by atoms with Gasteiger partial charge in [-0.1, -0.05) is 12.1 Å². The smallest absolute Gasteiger partial charge is 0.121 e. The first-order chi connectivity index (χ1) is 6.59. The van der Waals surface area contributed by atoms with E-state index in [-0.39, 0.29) is 6.04 Å². The van der Waals surface area contributed by atoms with Crippen LogP contribution in [0.1, 0.15) is 35.6 Å². The van der Waals surface area contributed by atoms with E-state index in [1.807, 2.05) is 26.0 Å². The van der Waals surface area contributed by atoms with E-state index in [0.29, 0.717) is 11.7 Å². The van der Waals surface area contributed by atoms with Crippen LogP contribution in [0.25, 0.3) is 0 Å². The van der Waals surface area contributed by atoms with E-state index in [4.69, 9.17) is 5.73 Å². The van der Waals surface area contributed by atoms with Gasteiger partial charge in [-0.2, -0.15) is 0 Å². The molecule has 2 heteroatoms. The molecular weight excluding hydrogens is 174 g/mol. The molecule has 76 valence electrons. The van der Waals surface area contributed by atoms with Gasteiger partial charge in [-0.15, -0.1) is 0 Å².